The summed E-state index contributed by atoms with van der Waals surface area (Å²) in [4.78, 5) is 3.45. The van der Waals surface area contributed by atoms with Gasteiger partial charge < -0.3 is 0 Å². The topological polar surface area (TPSA) is 36.2 Å². The lowest BCUT2D eigenvalue weighted by molar-refractivity contribution is 1.54. The number of hydrogen-bond donors (Lipinski definition) is 1. The normalized spacial score (nSPS) is 11.2. The minimum Gasteiger partial charge on any atom is -0.289 e. The molecule has 0 atom stereocenters. The molecule has 0 aliphatic heterocycles. The molecule has 0 rings (SSSR count). The van der Waals surface area contributed by atoms with Crippen molar-refractivity contribution in [2.45, 2.75) is 0 Å². The van der Waals surface area contributed by atoms with Crippen LogP contribution in [0, 0.1) is 5.41 Å². The van der Waals surface area contributed by atoms with Crippen molar-refractivity contribution in [3.05, 3.63) is 12.3 Å². The van der Waals surface area contributed by atoms with Gasteiger partial charge in [-0.1, -0.05) is 23.2 Å². The van der Waals surface area contributed by atoms with Crippen LogP contribution in [0.4, 0.5) is 0 Å². The Hall–Kier alpha value is -0.340. The second kappa shape index (κ2) is 4.81. The fraction of sp³-hybridized carbons (Fsp3) is 0. The second-order valence-electron chi connectivity index (χ2n) is 0.910. The molecule has 0 fully saturated rings. The van der Waals surface area contributed by atoms with E-state index in [1.165, 1.54) is 12.3 Å². The molecule has 0 saturated carbocycles. The fourth-order valence-electron chi connectivity index (χ4n) is 0.141. The number of nitrogens with one attached hydrogen (secondary N) is 1. The molecule has 0 aromatic rings. The van der Waals surface area contributed by atoms with E-state index in [4.69, 9.17) is 28.6 Å². The number of aliphatic imine (C=N–C) groups is 1. The fourth-order valence-corrected chi connectivity index (χ4v) is 0.262. The molecule has 0 saturated heterocycles. The van der Waals surface area contributed by atoms with Gasteiger partial charge in [-0.2, -0.15) is 0 Å². The molecule has 0 spiro atoms. The molecule has 0 unspecified atom stereocenters. The Kier molecular flexibility index (Phi) is 4.61. The first kappa shape index (κ1) is 7.66. The highest BCUT2D eigenvalue weighted by molar-refractivity contribution is 6.67. The third-order valence-electron chi connectivity index (χ3n) is 0.363. The quantitative estimate of drug-likeness (QED) is 0.585. The lowest BCUT2D eigenvalue weighted by Gasteiger charge is -1.73. The van der Waals surface area contributed by atoms with E-state index in [-0.39, 0.29) is 5.17 Å². The van der Waals surface area contributed by atoms with Crippen LogP contribution in [0.2, 0.25) is 0 Å². The SMILES string of the molecule is N=C(Cl)/C=C\N=C\Cl. The molecule has 1 N–H and O–H groups in total. The van der Waals surface area contributed by atoms with Crippen LogP contribution < -0.4 is 0 Å². The largest absolute Gasteiger partial charge is 0.289 e. The molecular weight excluding hydrogens is 147 g/mol. The van der Waals surface area contributed by atoms with Crippen molar-refractivity contribution >= 4 is 34.0 Å². The molecule has 44 valence electrons. The van der Waals surface area contributed by atoms with Crippen LogP contribution in [0.25, 0.3) is 0 Å². The Morgan fingerprint density at radius 2 is 2.25 bits per heavy atom. The highest BCUT2D eigenvalue weighted by atomic mass is 35.5. The molecule has 0 bridgehead atoms. The van der Waals surface area contributed by atoms with Gasteiger partial charge in [0.25, 0.3) is 0 Å². The summed E-state index contributed by atoms with van der Waals surface area (Å²) in [5.41, 5.74) is 1.09. The molecule has 2 nitrogen and oxygen atoms in total. The van der Waals surface area contributed by atoms with Crippen molar-refractivity contribution in [1.82, 2.24) is 0 Å². The molecule has 4 heteroatoms. The minimum absolute atomic E-state index is 0.0627. The zero-order valence-electron chi connectivity index (χ0n) is 3.94. The van der Waals surface area contributed by atoms with Crippen molar-refractivity contribution in [2.24, 2.45) is 4.99 Å². The van der Waals surface area contributed by atoms with E-state index < -0.39 is 0 Å². The van der Waals surface area contributed by atoms with Gasteiger partial charge >= 0.3 is 0 Å². The standard InChI is InChI=1S/C4H4Cl2N2/c5-3-8-2-1-4(6)7/h1-3,7H/b2-1-,7-4?,8-3+. The van der Waals surface area contributed by atoms with Crippen molar-refractivity contribution < 1.29 is 0 Å². The lowest BCUT2D eigenvalue weighted by atomic mass is 10.7. The number of rotatable bonds is 2. The predicted octanol–water partition coefficient (Wildman–Crippen LogP) is 1.98. The van der Waals surface area contributed by atoms with Gasteiger partial charge in [0.15, 0.2) is 0 Å². The van der Waals surface area contributed by atoms with E-state index in [0.29, 0.717) is 0 Å². The smallest absolute Gasteiger partial charge is 0.122 e. The van der Waals surface area contributed by atoms with Gasteiger partial charge in [0, 0.05) is 6.20 Å². The van der Waals surface area contributed by atoms with Crippen molar-refractivity contribution in [3.8, 4) is 0 Å². The van der Waals surface area contributed by atoms with Gasteiger partial charge in [-0.05, 0) is 6.08 Å². The van der Waals surface area contributed by atoms with Crippen LogP contribution in [0.5, 0.6) is 0 Å². The monoisotopic (exact) mass is 150 g/mol. The summed E-state index contributed by atoms with van der Waals surface area (Å²) in [6, 6.07) is 0. The van der Waals surface area contributed by atoms with Gasteiger partial charge in [0.1, 0.15) is 5.17 Å². The third-order valence-corrected chi connectivity index (χ3v) is 0.602. The van der Waals surface area contributed by atoms with Crippen molar-refractivity contribution in [3.63, 3.8) is 0 Å². The predicted molar refractivity (Wildman–Crippen MR) is 37.1 cm³/mol. The third kappa shape index (κ3) is 5.66. The number of nitrogens with zero attached hydrogens (tertiary/aromatic N) is 1. The van der Waals surface area contributed by atoms with E-state index in [0.717, 1.165) is 5.67 Å². The minimum atomic E-state index is -0.0627. The van der Waals surface area contributed by atoms with E-state index in [1.807, 2.05) is 0 Å². The maximum Gasteiger partial charge on any atom is 0.122 e. The highest BCUT2D eigenvalue weighted by Gasteiger charge is 1.73. The summed E-state index contributed by atoms with van der Waals surface area (Å²) in [6.07, 6.45) is 2.66. The van der Waals surface area contributed by atoms with Crippen LogP contribution in [-0.4, -0.2) is 10.8 Å². The molecule has 8 heavy (non-hydrogen) atoms. The number of halogens is 2. The van der Waals surface area contributed by atoms with Crippen LogP contribution in [0.3, 0.4) is 0 Å². The molecule has 0 aromatic heterocycles. The summed E-state index contributed by atoms with van der Waals surface area (Å²) >= 11 is 10.1. The van der Waals surface area contributed by atoms with Gasteiger partial charge in [0.2, 0.25) is 0 Å². The summed E-state index contributed by atoms with van der Waals surface area (Å²) in [7, 11) is 0. The van der Waals surface area contributed by atoms with E-state index in [1.54, 1.807) is 0 Å². The zero-order valence-corrected chi connectivity index (χ0v) is 5.45. The van der Waals surface area contributed by atoms with Crippen molar-refractivity contribution in [1.29, 1.82) is 5.41 Å². The van der Waals surface area contributed by atoms with E-state index in [9.17, 15) is 0 Å². The molecule has 0 radical (unpaired) electrons. The maximum absolute atomic E-state index is 6.63. The highest BCUT2D eigenvalue weighted by Crippen LogP contribution is 1.83. The lowest BCUT2D eigenvalue weighted by Crippen LogP contribution is -1.69. The van der Waals surface area contributed by atoms with Crippen LogP contribution in [0.1, 0.15) is 0 Å². The Morgan fingerprint density at radius 1 is 1.62 bits per heavy atom. The van der Waals surface area contributed by atoms with Crippen LogP contribution >= 0.6 is 23.2 Å². The van der Waals surface area contributed by atoms with Crippen LogP contribution in [-0.2, 0) is 0 Å². The first-order chi connectivity index (χ1) is 3.77. The second-order valence-corrected chi connectivity index (χ2v) is 1.51. The Labute approximate surface area is 57.3 Å². The molecule has 0 aliphatic carbocycles. The Bertz CT molecular complexity index is 128. The van der Waals surface area contributed by atoms with Gasteiger partial charge in [-0.3, -0.25) is 10.4 Å². The summed E-state index contributed by atoms with van der Waals surface area (Å²) < 4.78 is 0. The zero-order chi connectivity index (χ0) is 6.41. The van der Waals surface area contributed by atoms with Crippen molar-refractivity contribution in [2.75, 3.05) is 0 Å². The van der Waals surface area contributed by atoms with Gasteiger partial charge in [0.05, 0.1) is 5.67 Å². The summed E-state index contributed by atoms with van der Waals surface area (Å²) in [5, 5.41) is 6.57. The van der Waals surface area contributed by atoms with Gasteiger partial charge in [-0.15, -0.1) is 0 Å². The molecule has 0 amide bonds. The number of allylic oxidation sites excluding steroid dienone is 1. The summed E-state index contributed by atoms with van der Waals surface area (Å²) in [6.45, 7) is 0. The van der Waals surface area contributed by atoms with E-state index >= 15 is 0 Å². The summed E-state index contributed by atoms with van der Waals surface area (Å²) in [5.74, 6) is 0. The maximum atomic E-state index is 6.63. The average Bonchev–Trinajstić information content (AvgIpc) is 1.66. The molecule has 0 aliphatic rings. The first-order valence-electron chi connectivity index (χ1n) is 1.80. The van der Waals surface area contributed by atoms with Crippen LogP contribution in [0.15, 0.2) is 17.3 Å². The molecular formula is C4H4Cl2N2. The molecule has 0 heterocycles. The van der Waals surface area contributed by atoms with Gasteiger partial charge in [-0.25, -0.2) is 0 Å². The Balaban J connectivity index is 3.50. The van der Waals surface area contributed by atoms with E-state index in [2.05, 4.69) is 4.99 Å². The Morgan fingerprint density at radius 3 is 2.62 bits per heavy atom. The first-order valence-corrected chi connectivity index (χ1v) is 2.61. The average molecular weight is 151 g/mol. The molecule has 0 aromatic carbocycles. The number of hydrogen-bond acceptors (Lipinski definition) is 2.